The Hall–Kier alpha value is -2.41. The number of amides is 1. The monoisotopic (exact) mass is 458 g/mol. The smallest absolute Gasteiger partial charge is 0.254 e. The van der Waals surface area contributed by atoms with Gasteiger partial charge < -0.3 is 14.7 Å². The highest BCUT2D eigenvalue weighted by molar-refractivity contribution is 7.09. The molecule has 0 saturated heterocycles. The summed E-state index contributed by atoms with van der Waals surface area (Å²) in [5.41, 5.74) is 3.25. The lowest BCUT2D eigenvalue weighted by molar-refractivity contribution is 0.0669. The van der Waals surface area contributed by atoms with E-state index >= 15 is 0 Å². The van der Waals surface area contributed by atoms with E-state index < -0.39 is 0 Å². The fraction of sp³-hybridized carbons (Fsp3) is 0.333. The van der Waals surface area contributed by atoms with Crippen LogP contribution in [0.2, 0.25) is 5.02 Å². The number of hydrogen-bond acceptors (Lipinski definition) is 5. The second kappa shape index (κ2) is 10.8. The van der Waals surface area contributed by atoms with E-state index in [1.165, 1.54) is 11.3 Å². The number of rotatable bonds is 9. The summed E-state index contributed by atoms with van der Waals surface area (Å²) in [6, 6.07) is 13.1. The Morgan fingerprint density at radius 1 is 1.26 bits per heavy atom. The third kappa shape index (κ3) is 6.06. The molecule has 0 spiro atoms. The lowest BCUT2D eigenvalue weighted by Crippen LogP contribution is -2.37. The number of nitrogens with zero attached hydrogens (tertiary/aromatic N) is 2. The zero-order valence-electron chi connectivity index (χ0n) is 18.0. The third-order valence-corrected chi connectivity index (χ3v) is 6.26. The maximum absolute atomic E-state index is 13.3. The van der Waals surface area contributed by atoms with Crippen LogP contribution in [-0.2, 0) is 19.8 Å². The van der Waals surface area contributed by atoms with Gasteiger partial charge in [-0.05, 0) is 50.6 Å². The topological polar surface area (TPSA) is 62.7 Å². The second-order valence-corrected chi connectivity index (χ2v) is 8.87. The van der Waals surface area contributed by atoms with Crippen LogP contribution in [0.5, 0.6) is 5.75 Å². The molecule has 0 aliphatic rings. The molecule has 1 amide bonds. The summed E-state index contributed by atoms with van der Waals surface area (Å²) in [4.78, 5) is 19.5. The van der Waals surface area contributed by atoms with Crippen LogP contribution in [-0.4, -0.2) is 26.9 Å². The van der Waals surface area contributed by atoms with Crippen molar-refractivity contribution in [3.8, 4) is 5.75 Å². The standard InChI is InChI=1S/C24H27ClN2O3S/c1-4-17(3)27(24(29)18-7-5-16(2)6-8-18)12-19-11-20(25)9-10-22(19)30-14-23-26-21(13-28)15-31-23/h5-11,15,17,28H,4,12-14H2,1-3H3. The molecule has 0 fully saturated rings. The van der Waals surface area contributed by atoms with Gasteiger partial charge >= 0.3 is 0 Å². The number of carbonyl (C=O) groups excluding carboxylic acids is 1. The fourth-order valence-corrected chi connectivity index (χ4v) is 4.02. The average molecular weight is 459 g/mol. The van der Waals surface area contributed by atoms with E-state index in [9.17, 15) is 9.90 Å². The molecule has 31 heavy (non-hydrogen) atoms. The van der Waals surface area contributed by atoms with E-state index in [1.54, 1.807) is 6.07 Å². The van der Waals surface area contributed by atoms with Crippen molar-refractivity contribution in [3.63, 3.8) is 0 Å². The lowest BCUT2D eigenvalue weighted by Gasteiger charge is -2.29. The van der Waals surface area contributed by atoms with Crippen LogP contribution < -0.4 is 4.74 Å². The van der Waals surface area contributed by atoms with Gasteiger partial charge in [0.2, 0.25) is 0 Å². The van der Waals surface area contributed by atoms with Crippen molar-refractivity contribution in [2.45, 2.75) is 53.0 Å². The molecule has 5 nitrogen and oxygen atoms in total. The molecule has 164 valence electrons. The van der Waals surface area contributed by atoms with Gasteiger partial charge in [-0.2, -0.15) is 0 Å². The quantitative estimate of drug-likeness (QED) is 0.452. The van der Waals surface area contributed by atoms with Crippen LogP contribution in [0.4, 0.5) is 0 Å². The minimum atomic E-state index is -0.0896. The van der Waals surface area contributed by atoms with Crippen molar-refractivity contribution in [2.75, 3.05) is 0 Å². The zero-order chi connectivity index (χ0) is 22.4. The Bertz CT molecular complexity index is 1020. The molecule has 2 aromatic carbocycles. The Kier molecular flexibility index (Phi) is 8.07. The molecule has 0 bridgehead atoms. The normalized spacial score (nSPS) is 11.9. The molecular weight excluding hydrogens is 432 g/mol. The molecule has 1 atom stereocenters. The number of aryl methyl sites for hydroxylation is 1. The Balaban J connectivity index is 1.83. The number of aliphatic hydroxyl groups excluding tert-OH is 1. The van der Waals surface area contributed by atoms with Crippen molar-refractivity contribution in [1.29, 1.82) is 0 Å². The van der Waals surface area contributed by atoms with E-state index in [2.05, 4.69) is 11.9 Å². The Morgan fingerprint density at radius 3 is 2.65 bits per heavy atom. The predicted octanol–water partition coefficient (Wildman–Crippen LogP) is 5.62. The maximum atomic E-state index is 13.3. The zero-order valence-corrected chi connectivity index (χ0v) is 19.5. The van der Waals surface area contributed by atoms with E-state index in [0.717, 1.165) is 22.6 Å². The second-order valence-electron chi connectivity index (χ2n) is 7.49. The highest BCUT2D eigenvalue weighted by Gasteiger charge is 2.22. The first-order valence-corrected chi connectivity index (χ1v) is 11.5. The highest BCUT2D eigenvalue weighted by Crippen LogP contribution is 2.27. The van der Waals surface area contributed by atoms with E-state index in [-0.39, 0.29) is 25.2 Å². The SMILES string of the molecule is CCC(C)N(Cc1cc(Cl)ccc1OCc1nc(CO)cs1)C(=O)c1ccc(C)cc1. The van der Waals surface area contributed by atoms with Gasteiger partial charge in [-0.25, -0.2) is 4.98 Å². The highest BCUT2D eigenvalue weighted by atomic mass is 35.5. The van der Waals surface area contributed by atoms with Crippen LogP contribution in [0.25, 0.3) is 0 Å². The van der Waals surface area contributed by atoms with Crippen molar-refractivity contribution in [2.24, 2.45) is 0 Å². The number of ether oxygens (including phenoxy) is 1. The summed E-state index contributed by atoms with van der Waals surface area (Å²) in [5.74, 6) is 0.642. The van der Waals surface area contributed by atoms with Gasteiger partial charge in [0.05, 0.1) is 12.3 Å². The number of thiazole rings is 1. The first-order chi connectivity index (χ1) is 14.9. The molecule has 0 radical (unpaired) electrons. The summed E-state index contributed by atoms with van der Waals surface area (Å²) in [6.07, 6.45) is 0.831. The summed E-state index contributed by atoms with van der Waals surface area (Å²) < 4.78 is 6.02. The molecule has 7 heteroatoms. The van der Waals surface area contributed by atoms with Crippen molar-refractivity contribution in [3.05, 3.63) is 80.3 Å². The number of hydrogen-bond donors (Lipinski definition) is 1. The molecule has 3 rings (SSSR count). The number of benzene rings is 2. The molecule has 3 aromatic rings. The van der Waals surface area contributed by atoms with Crippen molar-refractivity contribution in [1.82, 2.24) is 9.88 Å². The van der Waals surface area contributed by atoms with E-state index in [0.29, 0.717) is 28.6 Å². The molecule has 0 aliphatic heterocycles. The number of aromatic nitrogens is 1. The molecular formula is C24H27ClN2O3S. The molecule has 1 unspecified atom stereocenters. The predicted molar refractivity (Wildman–Crippen MR) is 125 cm³/mol. The molecule has 1 N–H and O–H groups in total. The third-order valence-electron chi connectivity index (χ3n) is 5.16. The van der Waals surface area contributed by atoms with Gasteiger partial charge in [-0.1, -0.05) is 36.2 Å². The number of carbonyl (C=O) groups is 1. The van der Waals surface area contributed by atoms with Gasteiger partial charge in [0.1, 0.15) is 17.4 Å². The van der Waals surface area contributed by atoms with Crippen LogP contribution >= 0.6 is 22.9 Å². The summed E-state index contributed by atoms with van der Waals surface area (Å²) in [6.45, 7) is 6.70. The van der Waals surface area contributed by atoms with E-state index in [4.69, 9.17) is 16.3 Å². The first kappa shape index (κ1) is 23.3. The van der Waals surface area contributed by atoms with Crippen LogP contribution in [0.3, 0.4) is 0 Å². The van der Waals surface area contributed by atoms with Gasteiger partial charge in [0.15, 0.2) is 0 Å². The number of halogens is 1. The first-order valence-electron chi connectivity index (χ1n) is 10.2. The van der Waals surface area contributed by atoms with Gasteiger partial charge in [-0.15, -0.1) is 11.3 Å². The van der Waals surface area contributed by atoms with Gasteiger partial charge in [-0.3, -0.25) is 4.79 Å². The summed E-state index contributed by atoms with van der Waals surface area (Å²) in [5, 5.41) is 12.4. The van der Waals surface area contributed by atoms with Gasteiger partial charge in [0.25, 0.3) is 5.91 Å². The van der Waals surface area contributed by atoms with Crippen LogP contribution in [0, 0.1) is 6.92 Å². The van der Waals surface area contributed by atoms with E-state index in [1.807, 2.05) is 60.5 Å². The fourth-order valence-electron chi connectivity index (χ4n) is 3.13. The Morgan fingerprint density at radius 2 is 2.00 bits per heavy atom. The van der Waals surface area contributed by atoms with Gasteiger partial charge in [0, 0.05) is 34.1 Å². The largest absolute Gasteiger partial charge is 0.486 e. The van der Waals surface area contributed by atoms with Crippen LogP contribution in [0.15, 0.2) is 47.8 Å². The number of aliphatic hydroxyl groups is 1. The minimum Gasteiger partial charge on any atom is -0.486 e. The van der Waals surface area contributed by atoms with Crippen molar-refractivity contribution < 1.29 is 14.6 Å². The molecule has 1 aromatic heterocycles. The molecule has 1 heterocycles. The average Bonchev–Trinajstić information content (AvgIpc) is 3.24. The minimum absolute atomic E-state index is 0.0206. The van der Waals surface area contributed by atoms with Crippen LogP contribution in [0.1, 0.15) is 52.5 Å². The summed E-state index contributed by atoms with van der Waals surface area (Å²) in [7, 11) is 0. The molecule has 0 aliphatic carbocycles. The molecule has 0 saturated carbocycles. The summed E-state index contributed by atoms with van der Waals surface area (Å²) >= 11 is 7.71. The lowest BCUT2D eigenvalue weighted by atomic mass is 10.1. The maximum Gasteiger partial charge on any atom is 0.254 e. The van der Waals surface area contributed by atoms with Crippen molar-refractivity contribution >= 4 is 28.8 Å². The Labute approximate surface area is 192 Å².